The Morgan fingerprint density at radius 1 is 1.38 bits per heavy atom. The van der Waals surface area contributed by atoms with Crippen LogP contribution in [0.3, 0.4) is 0 Å². The lowest BCUT2D eigenvalue weighted by Gasteiger charge is -2.39. The Bertz CT molecular complexity index is 660. The number of aryl methyl sites for hydroxylation is 1. The molecule has 0 amide bonds. The highest BCUT2D eigenvalue weighted by molar-refractivity contribution is 7.09. The molecule has 2 atom stereocenters. The fourth-order valence-corrected chi connectivity index (χ4v) is 4.60. The molecule has 24 heavy (non-hydrogen) atoms. The van der Waals surface area contributed by atoms with E-state index in [2.05, 4.69) is 37.9 Å². The molecule has 0 saturated carbocycles. The molecule has 1 N–H and O–H groups in total. The molecular weight excluding hydrogens is 320 g/mol. The highest BCUT2D eigenvalue weighted by Crippen LogP contribution is 2.36. The molecular formula is C18H24N4OS. The molecule has 2 aromatic rings. The molecule has 2 aliphatic heterocycles. The lowest BCUT2D eigenvalue weighted by atomic mass is 9.88. The molecule has 1 spiro atoms. The SMILES string of the molecule is Cc1ccc(N[C@H]2CO[C@]3(CCCN(Cc4cccs4)C3)C2)nn1. The molecule has 6 heteroatoms. The minimum absolute atomic E-state index is 0.00526. The molecule has 0 aromatic carbocycles. The number of nitrogens with one attached hydrogen (secondary N) is 1. The number of aromatic nitrogens is 2. The van der Waals surface area contributed by atoms with Gasteiger partial charge in [-0.3, -0.25) is 4.90 Å². The Morgan fingerprint density at radius 3 is 3.12 bits per heavy atom. The summed E-state index contributed by atoms with van der Waals surface area (Å²) in [5.41, 5.74) is 0.946. The highest BCUT2D eigenvalue weighted by Gasteiger charge is 2.43. The summed E-state index contributed by atoms with van der Waals surface area (Å²) in [5, 5.41) is 14.0. The van der Waals surface area contributed by atoms with Crippen LogP contribution in [0.4, 0.5) is 5.82 Å². The number of anilines is 1. The van der Waals surface area contributed by atoms with Crippen LogP contribution in [0, 0.1) is 6.92 Å². The van der Waals surface area contributed by atoms with Crippen molar-refractivity contribution in [1.82, 2.24) is 15.1 Å². The number of thiophene rings is 1. The standard InChI is InChI=1S/C18H24N4OS/c1-14-5-6-17(21-20-14)19-15-10-18(23-12-15)7-3-8-22(13-18)11-16-4-2-9-24-16/h2,4-6,9,15H,3,7-8,10-13H2,1H3,(H,19,21)/t15-,18-/m1/s1. The van der Waals surface area contributed by atoms with E-state index in [0.29, 0.717) is 6.04 Å². The number of nitrogens with zero attached hydrogens (tertiary/aromatic N) is 3. The quantitative estimate of drug-likeness (QED) is 0.924. The Balaban J connectivity index is 1.36. The van der Waals surface area contributed by atoms with E-state index in [4.69, 9.17) is 4.74 Å². The van der Waals surface area contributed by atoms with Crippen LogP contribution in [0.5, 0.6) is 0 Å². The van der Waals surface area contributed by atoms with E-state index in [9.17, 15) is 0 Å². The summed E-state index contributed by atoms with van der Waals surface area (Å²) in [6.45, 7) is 5.95. The van der Waals surface area contributed by atoms with Gasteiger partial charge < -0.3 is 10.1 Å². The fourth-order valence-electron chi connectivity index (χ4n) is 3.85. The van der Waals surface area contributed by atoms with E-state index in [0.717, 1.165) is 44.0 Å². The van der Waals surface area contributed by atoms with Crippen molar-refractivity contribution >= 4 is 17.2 Å². The third kappa shape index (κ3) is 3.61. The molecule has 4 heterocycles. The first-order valence-electron chi connectivity index (χ1n) is 8.66. The zero-order valence-corrected chi connectivity index (χ0v) is 14.9. The monoisotopic (exact) mass is 344 g/mol. The van der Waals surface area contributed by atoms with Crippen LogP contribution in [0.15, 0.2) is 29.6 Å². The molecule has 2 fully saturated rings. The normalized spacial score (nSPS) is 27.6. The van der Waals surface area contributed by atoms with Gasteiger partial charge in [0.15, 0.2) is 0 Å². The van der Waals surface area contributed by atoms with Crippen LogP contribution in [0.2, 0.25) is 0 Å². The lowest BCUT2D eigenvalue weighted by Crippen LogP contribution is -2.47. The molecule has 5 nitrogen and oxygen atoms in total. The van der Waals surface area contributed by atoms with E-state index in [1.807, 2.05) is 30.4 Å². The number of rotatable bonds is 4. The van der Waals surface area contributed by atoms with Crippen molar-refractivity contribution in [2.45, 2.75) is 44.4 Å². The van der Waals surface area contributed by atoms with E-state index >= 15 is 0 Å². The summed E-state index contributed by atoms with van der Waals surface area (Å²) in [6, 6.07) is 8.67. The molecule has 2 saturated heterocycles. The summed E-state index contributed by atoms with van der Waals surface area (Å²) in [6.07, 6.45) is 3.41. The van der Waals surface area contributed by atoms with Crippen LogP contribution in [0.1, 0.15) is 29.8 Å². The largest absolute Gasteiger partial charge is 0.371 e. The van der Waals surface area contributed by atoms with Gasteiger partial charge in [0.2, 0.25) is 0 Å². The molecule has 4 rings (SSSR count). The van der Waals surface area contributed by atoms with Crippen molar-refractivity contribution in [1.29, 1.82) is 0 Å². The zero-order chi connectivity index (χ0) is 16.4. The minimum atomic E-state index is 0.00526. The van der Waals surface area contributed by atoms with Crippen molar-refractivity contribution in [3.05, 3.63) is 40.2 Å². The summed E-state index contributed by atoms with van der Waals surface area (Å²) in [5.74, 6) is 0.845. The van der Waals surface area contributed by atoms with Crippen LogP contribution < -0.4 is 5.32 Å². The average molecular weight is 344 g/mol. The van der Waals surface area contributed by atoms with Crippen LogP contribution in [0.25, 0.3) is 0 Å². The predicted octanol–water partition coefficient (Wildman–Crippen LogP) is 3.08. The molecule has 2 aliphatic rings. The second kappa shape index (κ2) is 6.78. The second-order valence-electron chi connectivity index (χ2n) is 6.99. The van der Waals surface area contributed by atoms with Gasteiger partial charge in [0.05, 0.1) is 23.9 Å². The Labute approximate surface area is 147 Å². The first-order chi connectivity index (χ1) is 11.7. The summed E-state index contributed by atoms with van der Waals surface area (Å²) < 4.78 is 6.29. The molecule has 128 valence electrons. The summed E-state index contributed by atoms with van der Waals surface area (Å²) >= 11 is 1.84. The Kier molecular flexibility index (Phi) is 4.52. The van der Waals surface area contributed by atoms with Crippen LogP contribution in [-0.4, -0.2) is 46.4 Å². The molecule has 0 unspecified atom stereocenters. The van der Waals surface area contributed by atoms with Crippen LogP contribution in [-0.2, 0) is 11.3 Å². The lowest BCUT2D eigenvalue weighted by molar-refractivity contribution is -0.0531. The fraction of sp³-hybridized carbons (Fsp3) is 0.556. The molecule has 0 bridgehead atoms. The van der Waals surface area contributed by atoms with Gasteiger partial charge in [0.25, 0.3) is 0 Å². The second-order valence-corrected chi connectivity index (χ2v) is 8.03. The topological polar surface area (TPSA) is 50.3 Å². The van der Waals surface area contributed by atoms with Gasteiger partial charge in [-0.05, 0) is 49.9 Å². The average Bonchev–Trinajstić information content (AvgIpc) is 3.21. The third-order valence-corrected chi connectivity index (χ3v) is 5.80. The molecule has 0 aliphatic carbocycles. The minimum Gasteiger partial charge on any atom is -0.371 e. The van der Waals surface area contributed by atoms with Gasteiger partial charge in [-0.1, -0.05) is 6.07 Å². The Morgan fingerprint density at radius 2 is 2.33 bits per heavy atom. The van der Waals surface area contributed by atoms with Gasteiger partial charge in [0, 0.05) is 24.4 Å². The van der Waals surface area contributed by atoms with Gasteiger partial charge >= 0.3 is 0 Å². The van der Waals surface area contributed by atoms with Gasteiger partial charge in [-0.25, -0.2) is 0 Å². The van der Waals surface area contributed by atoms with Crippen molar-refractivity contribution < 1.29 is 4.74 Å². The van der Waals surface area contributed by atoms with E-state index in [-0.39, 0.29) is 5.60 Å². The molecule has 2 aromatic heterocycles. The van der Waals surface area contributed by atoms with Crippen LogP contribution >= 0.6 is 11.3 Å². The number of piperidine rings is 1. The van der Waals surface area contributed by atoms with E-state index < -0.39 is 0 Å². The van der Waals surface area contributed by atoms with Gasteiger partial charge in [-0.2, -0.15) is 5.10 Å². The van der Waals surface area contributed by atoms with Crippen molar-refractivity contribution in [2.24, 2.45) is 0 Å². The Hall–Kier alpha value is -1.50. The van der Waals surface area contributed by atoms with Gasteiger partial charge in [0.1, 0.15) is 5.82 Å². The number of ether oxygens (including phenoxy) is 1. The maximum Gasteiger partial charge on any atom is 0.148 e. The van der Waals surface area contributed by atoms with Crippen molar-refractivity contribution in [3.63, 3.8) is 0 Å². The number of hydrogen-bond donors (Lipinski definition) is 1. The number of hydrogen-bond acceptors (Lipinski definition) is 6. The first-order valence-corrected chi connectivity index (χ1v) is 9.54. The summed E-state index contributed by atoms with van der Waals surface area (Å²) in [7, 11) is 0. The summed E-state index contributed by atoms with van der Waals surface area (Å²) in [4.78, 5) is 3.98. The van der Waals surface area contributed by atoms with E-state index in [1.54, 1.807) is 0 Å². The zero-order valence-electron chi connectivity index (χ0n) is 14.1. The predicted molar refractivity (Wildman–Crippen MR) is 96.3 cm³/mol. The smallest absolute Gasteiger partial charge is 0.148 e. The van der Waals surface area contributed by atoms with E-state index in [1.165, 1.54) is 17.8 Å². The highest BCUT2D eigenvalue weighted by atomic mass is 32.1. The van der Waals surface area contributed by atoms with Crippen molar-refractivity contribution in [2.75, 3.05) is 25.0 Å². The number of likely N-dealkylation sites (tertiary alicyclic amines) is 1. The maximum absolute atomic E-state index is 6.29. The first kappa shape index (κ1) is 16.0. The van der Waals surface area contributed by atoms with Crippen molar-refractivity contribution in [3.8, 4) is 0 Å². The van der Waals surface area contributed by atoms with Gasteiger partial charge in [-0.15, -0.1) is 16.4 Å². The maximum atomic E-state index is 6.29. The third-order valence-electron chi connectivity index (χ3n) is 4.94. The molecule has 0 radical (unpaired) electrons.